The van der Waals surface area contributed by atoms with E-state index in [1.54, 1.807) is 56.6 Å². The molecule has 0 aromatic heterocycles. The number of aliphatic hydroxyl groups excluding tert-OH is 1. The van der Waals surface area contributed by atoms with Crippen molar-refractivity contribution in [1.82, 2.24) is 4.90 Å². The first kappa shape index (κ1) is 19.4. The molecule has 2 aromatic rings. The number of hydrogen-bond acceptors (Lipinski definition) is 4. The highest BCUT2D eigenvalue weighted by molar-refractivity contribution is 6.35. The second-order valence-electron chi connectivity index (χ2n) is 5.43. The molecule has 0 spiro atoms. The SMILES string of the molecule is COc1cccc(C(O)CN(C)C(=O)COc2ccc(Cl)cc2Cl)c1. The summed E-state index contributed by atoms with van der Waals surface area (Å²) < 4.78 is 10.5. The van der Waals surface area contributed by atoms with Gasteiger partial charge in [0.1, 0.15) is 11.5 Å². The van der Waals surface area contributed by atoms with Crippen LogP contribution >= 0.6 is 23.2 Å². The van der Waals surface area contributed by atoms with Crippen molar-refractivity contribution >= 4 is 29.1 Å². The van der Waals surface area contributed by atoms with Crippen molar-refractivity contribution < 1.29 is 19.4 Å². The van der Waals surface area contributed by atoms with E-state index >= 15 is 0 Å². The number of hydrogen-bond donors (Lipinski definition) is 1. The van der Waals surface area contributed by atoms with E-state index in [0.29, 0.717) is 27.1 Å². The van der Waals surface area contributed by atoms with Crippen molar-refractivity contribution in [2.75, 3.05) is 27.3 Å². The number of methoxy groups -OCH3 is 1. The maximum Gasteiger partial charge on any atom is 0.260 e. The second-order valence-corrected chi connectivity index (χ2v) is 6.27. The number of benzene rings is 2. The first-order valence-electron chi connectivity index (χ1n) is 7.54. The molecule has 1 atom stereocenters. The Labute approximate surface area is 156 Å². The fourth-order valence-corrected chi connectivity index (χ4v) is 2.62. The van der Waals surface area contributed by atoms with Gasteiger partial charge < -0.3 is 19.5 Å². The van der Waals surface area contributed by atoms with Crippen LogP contribution in [0.15, 0.2) is 42.5 Å². The third-order valence-corrected chi connectivity index (χ3v) is 4.13. The zero-order valence-electron chi connectivity index (χ0n) is 13.9. The molecule has 1 N–H and O–H groups in total. The summed E-state index contributed by atoms with van der Waals surface area (Å²) in [5.41, 5.74) is 0.667. The maximum absolute atomic E-state index is 12.2. The number of rotatable bonds is 7. The highest BCUT2D eigenvalue weighted by Gasteiger charge is 2.16. The van der Waals surface area contributed by atoms with Gasteiger partial charge in [-0.05, 0) is 35.9 Å². The number of carbonyl (C=O) groups is 1. The number of ether oxygens (including phenoxy) is 2. The Bertz CT molecular complexity index is 739. The van der Waals surface area contributed by atoms with Gasteiger partial charge in [0.15, 0.2) is 6.61 Å². The van der Waals surface area contributed by atoms with Crippen LogP contribution in [0, 0.1) is 0 Å². The van der Waals surface area contributed by atoms with Crippen LogP contribution in [0.4, 0.5) is 0 Å². The Morgan fingerprint density at radius 1 is 1.24 bits per heavy atom. The van der Waals surface area contributed by atoms with Gasteiger partial charge in [0.2, 0.25) is 0 Å². The van der Waals surface area contributed by atoms with Crippen LogP contribution in [0.5, 0.6) is 11.5 Å². The normalized spacial score (nSPS) is 11.7. The zero-order chi connectivity index (χ0) is 18.4. The van der Waals surface area contributed by atoms with Gasteiger partial charge in [-0.15, -0.1) is 0 Å². The molecule has 0 saturated heterocycles. The van der Waals surface area contributed by atoms with Crippen LogP contribution in [0.2, 0.25) is 10.0 Å². The predicted octanol–water partition coefficient (Wildman–Crippen LogP) is 3.57. The molecule has 134 valence electrons. The molecule has 1 unspecified atom stereocenters. The van der Waals surface area contributed by atoms with E-state index in [0.717, 1.165) is 0 Å². The smallest absolute Gasteiger partial charge is 0.260 e. The number of amides is 1. The molecule has 0 aliphatic carbocycles. The minimum Gasteiger partial charge on any atom is -0.497 e. The lowest BCUT2D eigenvalue weighted by molar-refractivity contribution is -0.133. The number of carbonyl (C=O) groups excluding carboxylic acids is 1. The summed E-state index contributed by atoms with van der Waals surface area (Å²) in [6.45, 7) is -0.0631. The third kappa shape index (κ3) is 5.53. The highest BCUT2D eigenvalue weighted by Crippen LogP contribution is 2.27. The van der Waals surface area contributed by atoms with E-state index in [9.17, 15) is 9.90 Å². The summed E-state index contributed by atoms with van der Waals surface area (Å²) >= 11 is 11.8. The zero-order valence-corrected chi connectivity index (χ0v) is 15.4. The minimum absolute atomic E-state index is 0.129. The number of aliphatic hydroxyl groups is 1. The Kier molecular flexibility index (Phi) is 6.93. The van der Waals surface area contributed by atoms with Gasteiger partial charge in [-0.3, -0.25) is 4.79 Å². The van der Waals surface area contributed by atoms with Gasteiger partial charge in [-0.25, -0.2) is 0 Å². The average Bonchev–Trinajstić information content (AvgIpc) is 2.60. The van der Waals surface area contributed by atoms with Crippen molar-refractivity contribution in [1.29, 1.82) is 0 Å². The first-order valence-corrected chi connectivity index (χ1v) is 8.30. The van der Waals surface area contributed by atoms with Crippen LogP contribution in [-0.4, -0.2) is 43.2 Å². The largest absolute Gasteiger partial charge is 0.497 e. The van der Waals surface area contributed by atoms with E-state index in [1.165, 1.54) is 4.90 Å². The third-order valence-electron chi connectivity index (χ3n) is 3.60. The molecule has 0 bridgehead atoms. The van der Waals surface area contributed by atoms with Gasteiger partial charge in [0.25, 0.3) is 5.91 Å². The lowest BCUT2D eigenvalue weighted by Gasteiger charge is -2.21. The molecule has 2 aromatic carbocycles. The van der Waals surface area contributed by atoms with Gasteiger partial charge in [-0.1, -0.05) is 35.3 Å². The molecule has 0 heterocycles. The fraction of sp³-hybridized carbons (Fsp3) is 0.278. The van der Waals surface area contributed by atoms with Crippen LogP contribution in [0.25, 0.3) is 0 Å². The summed E-state index contributed by atoms with van der Waals surface area (Å²) in [7, 11) is 3.15. The number of likely N-dealkylation sites (N-methyl/N-ethyl adjacent to an activating group) is 1. The standard InChI is InChI=1S/C18H19Cl2NO4/c1-21(10-16(22)12-4-3-5-14(8-12)24-2)18(23)11-25-17-7-6-13(19)9-15(17)20/h3-9,16,22H,10-11H2,1-2H3. The topological polar surface area (TPSA) is 59.0 Å². The molecule has 0 fully saturated rings. The van der Waals surface area contributed by atoms with Gasteiger partial charge >= 0.3 is 0 Å². The summed E-state index contributed by atoms with van der Waals surface area (Å²) in [5, 5.41) is 11.1. The number of halogens is 2. The van der Waals surface area contributed by atoms with Crippen LogP contribution in [-0.2, 0) is 4.79 Å². The number of nitrogens with zero attached hydrogens (tertiary/aromatic N) is 1. The Morgan fingerprint density at radius 3 is 2.68 bits per heavy atom. The minimum atomic E-state index is -0.830. The summed E-state index contributed by atoms with van der Waals surface area (Å²) in [5.74, 6) is 0.736. The monoisotopic (exact) mass is 383 g/mol. The lowest BCUT2D eigenvalue weighted by Crippen LogP contribution is -2.34. The first-order chi connectivity index (χ1) is 11.9. The second kappa shape index (κ2) is 8.94. The lowest BCUT2D eigenvalue weighted by atomic mass is 10.1. The van der Waals surface area contributed by atoms with E-state index < -0.39 is 6.10 Å². The Morgan fingerprint density at radius 2 is 2.00 bits per heavy atom. The molecule has 0 saturated carbocycles. The average molecular weight is 384 g/mol. The van der Waals surface area contributed by atoms with Gasteiger partial charge in [0, 0.05) is 12.1 Å². The molecule has 0 aliphatic rings. The van der Waals surface area contributed by atoms with Crippen LogP contribution < -0.4 is 9.47 Å². The molecular weight excluding hydrogens is 365 g/mol. The molecule has 1 amide bonds. The maximum atomic E-state index is 12.2. The van der Waals surface area contributed by atoms with E-state index in [4.69, 9.17) is 32.7 Å². The molecule has 0 aliphatic heterocycles. The summed E-state index contributed by atoms with van der Waals surface area (Å²) in [6, 6.07) is 11.8. The van der Waals surface area contributed by atoms with Gasteiger partial charge in [-0.2, -0.15) is 0 Å². The molecule has 0 radical (unpaired) electrons. The highest BCUT2D eigenvalue weighted by atomic mass is 35.5. The Balaban J connectivity index is 1.90. The molecule has 25 heavy (non-hydrogen) atoms. The molecular formula is C18H19Cl2NO4. The van der Waals surface area contributed by atoms with E-state index in [2.05, 4.69) is 0 Å². The molecule has 5 nitrogen and oxygen atoms in total. The quantitative estimate of drug-likeness (QED) is 0.793. The van der Waals surface area contributed by atoms with Crippen molar-refractivity contribution in [2.24, 2.45) is 0 Å². The van der Waals surface area contributed by atoms with Crippen LogP contribution in [0.1, 0.15) is 11.7 Å². The van der Waals surface area contributed by atoms with Crippen molar-refractivity contribution in [3.05, 3.63) is 58.1 Å². The van der Waals surface area contributed by atoms with E-state index in [-0.39, 0.29) is 19.1 Å². The summed E-state index contributed by atoms with van der Waals surface area (Å²) in [6.07, 6.45) is -0.830. The molecule has 7 heteroatoms. The van der Waals surface area contributed by atoms with Crippen molar-refractivity contribution in [2.45, 2.75) is 6.10 Å². The summed E-state index contributed by atoms with van der Waals surface area (Å²) in [4.78, 5) is 13.6. The van der Waals surface area contributed by atoms with E-state index in [1.807, 2.05) is 0 Å². The molecule has 2 rings (SSSR count). The van der Waals surface area contributed by atoms with Gasteiger partial charge in [0.05, 0.1) is 24.8 Å². The predicted molar refractivity (Wildman–Crippen MR) is 97.5 cm³/mol. The Hall–Kier alpha value is -1.95. The van der Waals surface area contributed by atoms with Crippen molar-refractivity contribution in [3.63, 3.8) is 0 Å². The fourth-order valence-electron chi connectivity index (χ4n) is 2.16. The van der Waals surface area contributed by atoms with Crippen LogP contribution in [0.3, 0.4) is 0 Å². The van der Waals surface area contributed by atoms with Crippen molar-refractivity contribution in [3.8, 4) is 11.5 Å².